The summed E-state index contributed by atoms with van der Waals surface area (Å²) in [5.74, 6) is 0.350. The number of ketones is 1. The monoisotopic (exact) mass is 232 g/mol. The zero-order valence-electron chi connectivity index (χ0n) is 10.3. The molecule has 2 nitrogen and oxygen atoms in total. The van der Waals surface area contributed by atoms with Crippen LogP contribution in [0.3, 0.4) is 0 Å². The van der Waals surface area contributed by atoms with Crippen molar-refractivity contribution in [2.24, 2.45) is 5.41 Å². The van der Waals surface area contributed by atoms with Crippen LogP contribution >= 0.6 is 0 Å². The van der Waals surface area contributed by atoms with Crippen LogP contribution in [0.2, 0.25) is 0 Å². The molecule has 0 aromatic heterocycles. The fourth-order valence-corrected chi connectivity index (χ4v) is 4.84. The molecule has 0 radical (unpaired) electrons. The summed E-state index contributed by atoms with van der Waals surface area (Å²) in [7, 11) is 0. The minimum atomic E-state index is -0.127. The zero-order valence-corrected chi connectivity index (χ0v) is 10.3. The van der Waals surface area contributed by atoms with E-state index in [1.807, 2.05) is 0 Å². The van der Waals surface area contributed by atoms with E-state index in [-0.39, 0.29) is 6.10 Å². The molecule has 17 heavy (non-hydrogen) atoms. The summed E-state index contributed by atoms with van der Waals surface area (Å²) in [4.78, 5) is 12.0. The largest absolute Gasteiger partial charge is 0.362 e. The summed E-state index contributed by atoms with van der Waals surface area (Å²) >= 11 is 0. The molecule has 0 amide bonds. The summed E-state index contributed by atoms with van der Waals surface area (Å²) in [5.41, 5.74) is 3.44. The van der Waals surface area contributed by atoms with Gasteiger partial charge in [-0.05, 0) is 44.1 Å². The Morgan fingerprint density at radius 3 is 2.71 bits per heavy atom. The third-order valence-electron chi connectivity index (χ3n) is 5.54. The highest BCUT2D eigenvalue weighted by atomic mass is 16.5. The van der Waals surface area contributed by atoms with E-state index in [1.165, 1.54) is 44.1 Å². The molecule has 2 heterocycles. The van der Waals surface area contributed by atoms with E-state index in [0.29, 0.717) is 17.3 Å². The van der Waals surface area contributed by atoms with Gasteiger partial charge in [-0.25, -0.2) is 0 Å². The number of hydrogen-bond donors (Lipinski definition) is 0. The Hall–Kier alpha value is -0.630. The van der Waals surface area contributed by atoms with Crippen molar-refractivity contribution in [2.75, 3.05) is 0 Å². The second-order valence-electron chi connectivity index (χ2n) is 6.23. The maximum atomic E-state index is 12.0. The highest BCUT2D eigenvalue weighted by molar-refractivity contribution is 5.87. The molecule has 4 rings (SSSR count). The molecule has 4 aliphatic rings. The minimum Gasteiger partial charge on any atom is -0.362 e. The van der Waals surface area contributed by atoms with Gasteiger partial charge in [0.05, 0.1) is 6.10 Å². The summed E-state index contributed by atoms with van der Waals surface area (Å²) < 4.78 is 6.18. The molecular formula is C15H20O2. The van der Waals surface area contributed by atoms with Crippen molar-refractivity contribution < 1.29 is 9.53 Å². The number of rotatable bonds is 0. The van der Waals surface area contributed by atoms with E-state index in [4.69, 9.17) is 4.74 Å². The molecule has 1 spiro atoms. The van der Waals surface area contributed by atoms with Gasteiger partial charge in [0.1, 0.15) is 6.10 Å². The molecular weight excluding hydrogens is 212 g/mol. The lowest BCUT2D eigenvalue weighted by Gasteiger charge is -2.48. The standard InChI is InChI=1S/C15H20O2/c16-12-6-7-13-15(8-1-2-9-15)11-5-3-4-10(11)14(12)17-13/h13-14H,1-9H2/t13-,14-/m1/s1. The van der Waals surface area contributed by atoms with Gasteiger partial charge >= 0.3 is 0 Å². The van der Waals surface area contributed by atoms with Crippen LogP contribution < -0.4 is 0 Å². The zero-order chi connectivity index (χ0) is 11.5. The van der Waals surface area contributed by atoms with Crippen LogP contribution in [-0.2, 0) is 9.53 Å². The van der Waals surface area contributed by atoms with Gasteiger partial charge in [-0.3, -0.25) is 4.79 Å². The first-order valence-electron chi connectivity index (χ1n) is 7.22. The number of ether oxygens (including phenoxy) is 1. The van der Waals surface area contributed by atoms with E-state index in [9.17, 15) is 4.79 Å². The van der Waals surface area contributed by atoms with Gasteiger partial charge in [0, 0.05) is 11.8 Å². The minimum absolute atomic E-state index is 0.127. The molecule has 2 fully saturated rings. The number of Topliss-reactive ketones (excluding diaryl/α,β-unsaturated/α-hetero) is 1. The first kappa shape index (κ1) is 10.3. The number of carbonyl (C=O) groups is 1. The maximum absolute atomic E-state index is 12.0. The third kappa shape index (κ3) is 1.22. The fourth-order valence-electron chi connectivity index (χ4n) is 4.84. The van der Waals surface area contributed by atoms with Gasteiger partial charge in [0.15, 0.2) is 5.78 Å². The Labute approximate surface area is 102 Å². The highest BCUT2D eigenvalue weighted by Gasteiger charge is 2.54. The average molecular weight is 232 g/mol. The van der Waals surface area contributed by atoms with Crippen molar-refractivity contribution in [3.8, 4) is 0 Å². The van der Waals surface area contributed by atoms with Crippen LogP contribution in [0.15, 0.2) is 11.1 Å². The van der Waals surface area contributed by atoms with Crippen LogP contribution in [0.4, 0.5) is 0 Å². The van der Waals surface area contributed by atoms with Crippen molar-refractivity contribution in [1.82, 2.24) is 0 Å². The van der Waals surface area contributed by atoms with E-state index >= 15 is 0 Å². The molecule has 1 saturated carbocycles. The molecule has 92 valence electrons. The molecule has 0 aromatic carbocycles. The third-order valence-corrected chi connectivity index (χ3v) is 5.54. The van der Waals surface area contributed by atoms with Crippen molar-refractivity contribution in [3.05, 3.63) is 11.1 Å². The predicted octanol–water partition coefficient (Wildman–Crippen LogP) is 3.16. The molecule has 2 atom stereocenters. The topological polar surface area (TPSA) is 26.3 Å². The Morgan fingerprint density at radius 2 is 1.88 bits per heavy atom. The fraction of sp³-hybridized carbons (Fsp3) is 0.800. The summed E-state index contributed by atoms with van der Waals surface area (Å²) in [6.07, 6.45) is 11.0. The van der Waals surface area contributed by atoms with Crippen molar-refractivity contribution in [3.63, 3.8) is 0 Å². The number of fused-ring (bicyclic) bond motifs is 5. The quantitative estimate of drug-likeness (QED) is 0.600. The Bertz CT molecular complexity index is 401. The predicted molar refractivity (Wildman–Crippen MR) is 64.7 cm³/mol. The molecule has 0 N–H and O–H groups in total. The van der Waals surface area contributed by atoms with Crippen LogP contribution in [0.1, 0.15) is 57.8 Å². The second-order valence-corrected chi connectivity index (χ2v) is 6.23. The first-order valence-corrected chi connectivity index (χ1v) is 7.22. The lowest BCUT2D eigenvalue weighted by molar-refractivity contribution is -0.151. The Morgan fingerprint density at radius 1 is 1.06 bits per heavy atom. The maximum Gasteiger partial charge on any atom is 0.165 e. The van der Waals surface area contributed by atoms with Crippen LogP contribution in [0.5, 0.6) is 0 Å². The number of carbonyl (C=O) groups excluding carboxylic acids is 1. The molecule has 1 saturated heterocycles. The molecule has 0 aromatic rings. The SMILES string of the molecule is O=C1CC[C@H]2O[C@@H]1C1=C(CCC1)C21CCCC1. The van der Waals surface area contributed by atoms with Gasteiger partial charge in [-0.1, -0.05) is 18.4 Å². The smallest absolute Gasteiger partial charge is 0.165 e. The van der Waals surface area contributed by atoms with E-state index in [0.717, 1.165) is 19.3 Å². The van der Waals surface area contributed by atoms with Gasteiger partial charge in [-0.2, -0.15) is 0 Å². The Balaban J connectivity index is 1.85. The van der Waals surface area contributed by atoms with Crippen molar-refractivity contribution >= 4 is 5.78 Å². The van der Waals surface area contributed by atoms with Crippen molar-refractivity contribution in [1.29, 1.82) is 0 Å². The van der Waals surface area contributed by atoms with Gasteiger partial charge < -0.3 is 4.74 Å². The molecule has 2 aliphatic carbocycles. The molecule has 0 unspecified atom stereocenters. The van der Waals surface area contributed by atoms with Crippen LogP contribution in [-0.4, -0.2) is 18.0 Å². The lowest BCUT2D eigenvalue weighted by Crippen LogP contribution is -2.50. The average Bonchev–Trinajstić information content (AvgIpc) is 2.97. The van der Waals surface area contributed by atoms with Crippen LogP contribution in [0.25, 0.3) is 0 Å². The van der Waals surface area contributed by atoms with E-state index < -0.39 is 0 Å². The van der Waals surface area contributed by atoms with Gasteiger partial charge in [0.25, 0.3) is 0 Å². The van der Waals surface area contributed by atoms with Crippen molar-refractivity contribution in [2.45, 2.75) is 70.0 Å². The van der Waals surface area contributed by atoms with E-state index in [1.54, 1.807) is 5.57 Å². The first-order chi connectivity index (χ1) is 8.31. The lowest BCUT2D eigenvalue weighted by atomic mass is 9.66. The number of hydrogen-bond acceptors (Lipinski definition) is 2. The Kier molecular flexibility index (Phi) is 2.09. The summed E-state index contributed by atoms with van der Waals surface area (Å²) in [6, 6.07) is 0. The van der Waals surface area contributed by atoms with Gasteiger partial charge in [-0.15, -0.1) is 0 Å². The van der Waals surface area contributed by atoms with Gasteiger partial charge in [0.2, 0.25) is 0 Å². The normalized spacial score (nSPS) is 38.9. The summed E-state index contributed by atoms with van der Waals surface area (Å²) in [5, 5.41) is 0. The molecule has 2 bridgehead atoms. The molecule has 2 aliphatic heterocycles. The van der Waals surface area contributed by atoms with E-state index in [2.05, 4.69) is 0 Å². The van der Waals surface area contributed by atoms with Crippen LogP contribution in [0, 0.1) is 5.41 Å². The summed E-state index contributed by atoms with van der Waals surface area (Å²) in [6.45, 7) is 0. The highest BCUT2D eigenvalue weighted by Crippen LogP contribution is 2.58. The second kappa shape index (κ2) is 3.44. The molecule has 2 heteroatoms.